The van der Waals surface area contributed by atoms with Crippen molar-refractivity contribution in [2.75, 3.05) is 24.7 Å². The Kier molecular flexibility index (Phi) is 4.33. The van der Waals surface area contributed by atoms with Crippen LogP contribution in [0.15, 0.2) is 34.9 Å². The number of rotatable bonds is 6. The van der Waals surface area contributed by atoms with Gasteiger partial charge in [0.15, 0.2) is 5.75 Å². The molecule has 0 atom stereocenters. The molecule has 136 valence electrons. The molecule has 0 bridgehead atoms. The van der Waals surface area contributed by atoms with E-state index in [-0.39, 0.29) is 28.9 Å². The van der Waals surface area contributed by atoms with Crippen LogP contribution in [0.2, 0.25) is 0 Å². The highest BCUT2D eigenvalue weighted by atomic mass is 79.9. The van der Waals surface area contributed by atoms with Crippen LogP contribution >= 0.6 is 15.9 Å². The largest absolute Gasteiger partial charge is 0.493 e. The predicted octanol–water partition coefficient (Wildman–Crippen LogP) is 3.30. The van der Waals surface area contributed by atoms with Crippen LogP contribution < -0.4 is 20.7 Å². The van der Waals surface area contributed by atoms with Crippen LogP contribution in [0.5, 0.6) is 5.75 Å². The number of anilines is 3. The number of carbonyl (C=O) groups is 2. The zero-order chi connectivity index (χ0) is 21.2. The van der Waals surface area contributed by atoms with Crippen molar-refractivity contribution in [1.29, 1.82) is 0 Å². The van der Waals surface area contributed by atoms with E-state index >= 15 is 0 Å². The van der Waals surface area contributed by atoms with E-state index in [9.17, 15) is 9.59 Å². The van der Waals surface area contributed by atoms with Crippen molar-refractivity contribution in [3.8, 4) is 5.75 Å². The number of amides is 2. The third-order valence-electron chi connectivity index (χ3n) is 3.90. The Balaban J connectivity index is 1.96. The van der Waals surface area contributed by atoms with Gasteiger partial charge in [0.05, 0.1) is 28.5 Å². The number of para-hydroxylation sites is 1. The number of nitrogens with zero attached hydrogens (tertiary/aromatic N) is 1. The van der Waals surface area contributed by atoms with Crippen LogP contribution in [-0.4, -0.2) is 30.9 Å². The summed E-state index contributed by atoms with van der Waals surface area (Å²) in [6.07, 6.45) is 2.90. The summed E-state index contributed by atoms with van der Waals surface area (Å²) in [5.74, 6) is -0.229. The predicted molar refractivity (Wildman–Crippen MR) is 103 cm³/mol. The van der Waals surface area contributed by atoms with E-state index in [0.29, 0.717) is 15.9 Å². The van der Waals surface area contributed by atoms with Crippen molar-refractivity contribution in [1.82, 2.24) is 10.3 Å². The van der Waals surface area contributed by atoms with Crippen LogP contribution in [0, 0.1) is 5.92 Å². The second kappa shape index (κ2) is 7.74. The Hall–Kier alpha value is -2.61. The summed E-state index contributed by atoms with van der Waals surface area (Å²) < 4.78 is 27.9. The average molecular weight is 422 g/mol. The number of hydrogen-bond donors (Lipinski definition) is 3. The monoisotopic (exact) mass is 421 g/mol. The highest BCUT2D eigenvalue weighted by Crippen LogP contribution is 2.36. The van der Waals surface area contributed by atoms with E-state index in [0.717, 1.165) is 12.8 Å². The van der Waals surface area contributed by atoms with Crippen LogP contribution in [-0.2, 0) is 4.79 Å². The fraction of sp³-hybridized carbons (Fsp3) is 0.278. The Bertz CT molecular complexity index is 948. The second-order valence-corrected chi connectivity index (χ2v) is 6.63. The molecule has 2 amide bonds. The fourth-order valence-electron chi connectivity index (χ4n) is 2.41. The lowest BCUT2D eigenvalue weighted by atomic mass is 10.2. The van der Waals surface area contributed by atoms with Crippen molar-refractivity contribution in [2.45, 2.75) is 12.8 Å². The first-order chi connectivity index (χ1) is 13.7. The van der Waals surface area contributed by atoms with E-state index in [1.54, 1.807) is 18.2 Å². The molecule has 0 spiro atoms. The number of carbonyl (C=O) groups excluding carboxylic acids is 2. The smallest absolute Gasteiger partial charge is 0.254 e. The van der Waals surface area contributed by atoms with Crippen LogP contribution in [0.25, 0.3) is 0 Å². The molecule has 0 aliphatic heterocycles. The van der Waals surface area contributed by atoms with Gasteiger partial charge in [0.25, 0.3) is 5.91 Å². The van der Waals surface area contributed by atoms with Crippen molar-refractivity contribution in [3.05, 3.63) is 40.5 Å². The number of aromatic nitrogens is 1. The summed E-state index contributed by atoms with van der Waals surface area (Å²) in [6, 6.07) is 6.78. The molecule has 26 heavy (non-hydrogen) atoms. The Morgan fingerprint density at radius 2 is 2.15 bits per heavy atom. The molecule has 0 saturated heterocycles. The molecule has 1 aromatic carbocycles. The van der Waals surface area contributed by atoms with Gasteiger partial charge in [-0.15, -0.1) is 0 Å². The van der Waals surface area contributed by atoms with Crippen molar-refractivity contribution in [3.63, 3.8) is 0 Å². The first-order valence-electron chi connectivity index (χ1n) is 9.41. The van der Waals surface area contributed by atoms with Gasteiger partial charge in [-0.25, -0.2) is 4.98 Å². The van der Waals surface area contributed by atoms with Crippen LogP contribution in [0.1, 0.15) is 27.3 Å². The molecule has 8 heteroatoms. The SMILES string of the molecule is [2H]C([2H])([2H])NC(=O)c1cnc(NC(=O)C2CC2)cc1Nc1cccc(Br)c1OC. The lowest BCUT2D eigenvalue weighted by Gasteiger charge is -2.16. The number of nitrogens with one attached hydrogen (secondary N) is 3. The zero-order valence-corrected chi connectivity index (χ0v) is 15.5. The van der Waals surface area contributed by atoms with Crippen molar-refractivity contribution >= 4 is 44.9 Å². The highest BCUT2D eigenvalue weighted by Gasteiger charge is 2.30. The standard InChI is InChI=1S/C18H19BrN4O3/c1-20-18(25)11-9-21-15(23-17(24)10-6-7-10)8-14(11)22-13-5-3-4-12(19)16(13)26-2/h3-5,8-10H,6-7H2,1-2H3,(H,20,25)(H2,21,22,23,24)/i1D3. The minimum atomic E-state index is -2.65. The Morgan fingerprint density at radius 1 is 1.35 bits per heavy atom. The van der Waals surface area contributed by atoms with Gasteiger partial charge in [-0.05, 0) is 40.9 Å². The number of benzene rings is 1. The highest BCUT2D eigenvalue weighted by molar-refractivity contribution is 9.10. The van der Waals surface area contributed by atoms with Crippen molar-refractivity contribution in [2.24, 2.45) is 5.92 Å². The van der Waals surface area contributed by atoms with E-state index in [2.05, 4.69) is 31.5 Å². The van der Waals surface area contributed by atoms with Gasteiger partial charge < -0.3 is 20.7 Å². The molecule has 1 heterocycles. The topological polar surface area (TPSA) is 92.4 Å². The van der Waals surface area contributed by atoms with Crippen LogP contribution in [0.3, 0.4) is 0 Å². The molecule has 0 unspecified atom stereocenters. The van der Waals surface area contributed by atoms with Crippen LogP contribution in [0.4, 0.5) is 17.2 Å². The second-order valence-electron chi connectivity index (χ2n) is 5.78. The Labute approximate surface area is 163 Å². The molecule has 2 aromatic rings. The Morgan fingerprint density at radius 3 is 2.85 bits per heavy atom. The maximum Gasteiger partial charge on any atom is 0.254 e. The number of methoxy groups -OCH3 is 1. The number of ether oxygens (including phenoxy) is 1. The van der Waals surface area contributed by atoms with E-state index < -0.39 is 12.9 Å². The maximum absolute atomic E-state index is 12.5. The van der Waals surface area contributed by atoms with E-state index in [1.165, 1.54) is 19.4 Å². The van der Waals surface area contributed by atoms with Gasteiger partial charge in [0.2, 0.25) is 5.91 Å². The molecular formula is C18H19BrN4O3. The third-order valence-corrected chi connectivity index (χ3v) is 4.53. The fourth-order valence-corrected chi connectivity index (χ4v) is 2.94. The molecule has 1 aliphatic rings. The molecule has 1 aromatic heterocycles. The third kappa shape index (κ3) is 3.96. The molecule has 7 nitrogen and oxygen atoms in total. The first kappa shape index (κ1) is 14.5. The van der Waals surface area contributed by atoms with Gasteiger partial charge in [0, 0.05) is 29.3 Å². The quantitative estimate of drug-likeness (QED) is 0.665. The van der Waals surface area contributed by atoms with Gasteiger partial charge in [-0.2, -0.15) is 0 Å². The minimum Gasteiger partial charge on any atom is -0.493 e. The average Bonchev–Trinajstić information content (AvgIpc) is 3.46. The molecule has 1 aliphatic carbocycles. The number of pyridine rings is 1. The van der Waals surface area contributed by atoms with Gasteiger partial charge in [0.1, 0.15) is 5.82 Å². The molecular weight excluding hydrogens is 400 g/mol. The first-order valence-corrected chi connectivity index (χ1v) is 8.70. The van der Waals surface area contributed by atoms with Crippen molar-refractivity contribution < 1.29 is 18.4 Å². The van der Waals surface area contributed by atoms with Gasteiger partial charge in [-0.3, -0.25) is 9.59 Å². The summed E-state index contributed by atoms with van der Waals surface area (Å²) in [7, 11) is 1.50. The molecule has 3 rings (SSSR count). The number of hydrogen-bond acceptors (Lipinski definition) is 5. The van der Waals surface area contributed by atoms with Gasteiger partial charge in [-0.1, -0.05) is 6.07 Å². The van der Waals surface area contributed by atoms with E-state index in [1.807, 2.05) is 5.32 Å². The number of halogens is 1. The van der Waals surface area contributed by atoms with Gasteiger partial charge >= 0.3 is 0 Å². The molecule has 0 radical (unpaired) electrons. The minimum absolute atomic E-state index is 0.00701. The molecule has 1 saturated carbocycles. The summed E-state index contributed by atoms with van der Waals surface area (Å²) >= 11 is 3.39. The molecule has 3 N–H and O–H groups in total. The normalized spacial score (nSPS) is 15.2. The van der Waals surface area contributed by atoms with E-state index in [4.69, 9.17) is 8.85 Å². The lowest BCUT2D eigenvalue weighted by Crippen LogP contribution is -2.20. The summed E-state index contributed by atoms with van der Waals surface area (Å²) in [5, 5.41) is 7.72. The lowest BCUT2D eigenvalue weighted by molar-refractivity contribution is -0.117. The zero-order valence-electron chi connectivity index (χ0n) is 16.9. The summed E-state index contributed by atoms with van der Waals surface area (Å²) in [5.41, 5.74) is 0.812. The summed E-state index contributed by atoms with van der Waals surface area (Å²) in [6.45, 7) is -2.65. The molecule has 1 fully saturated rings. The maximum atomic E-state index is 12.5. The summed E-state index contributed by atoms with van der Waals surface area (Å²) in [4.78, 5) is 28.6.